The number of nitrogens with zero attached hydrogens (tertiary/aromatic N) is 1. The van der Waals surface area contributed by atoms with Gasteiger partial charge in [0, 0.05) is 35.5 Å². The predicted molar refractivity (Wildman–Crippen MR) is 138 cm³/mol. The van der Waals surface area contributed by atoms with Crippen LogP contribution in [0.1, 0.15) is 58.4 Å². The molecule has 0 amide bonds. The number of pyridine rings is 1. The first-order chi connectivity index (χ1) is 17.6. The second-order valence-electron chi connectivity index (χ2n) is 12.7. The topological polar surface area (TPSA) is 99.9 Å². The summed E-state index contributed by atoms with van der Waals surface area (Å²) in [7, 11) is 0. The predicted octanol–water partition coefficient (Wildman–Crippen LogP) is 3.97. The number of aromatic nitrogens is 1. The summed E-state index contributed by atoms with van der Waals surface area (Å²) in [5, 5.41) is 36.3. The minimum atomic E-state index is -1.63. The van der Waals surface area contributed by atoms with E-state index in [9.17, 15) is 20.1 Å². The third-order valence-electron chi connectivity index (χ3n) is 10.9. The van der Waals surface area contributed by atoms with Gasteiger partial charge in [0.05, 0.1) is 17.3 Å². The van der Waals surface area contributed by atoms with Crippen molar-refractivity contribution in [3.8, 4) is 0 Å². The van der Waals surface area contributed by atoms with E-state index in [1.165, 1.54) is 0 Å². The second-order valence-corrected chi connectivity index (χ2v) is 12.7. The van der Waals surface area contributed by atoms with Gasteiger partial charge in [0.25, 0.3) is 0 Å². The fourth-order valence-electron chi connectivity index (χ4n) is 8.73. The molecule has 8 atom stereocenters. The summed E-state index contributed by atoms with van der Waals surface area (Å²) in [6.07, 6.45) is 8.80. The van der Waals surface area contributed by atoms with Crippen LogP contribution in [0.25, 0.3) is 10.8 Å². The lowest BCUT2D eigenvalue weighted by Crippen LogP contribution is -2.60. The number of carbonyl (C=O) groups excluding carboxylic acids is 1. The fraction of sp³-hybridized carbons (Fsp3) is 0.548. The lowest BCUT2D eigenvalue weighted by molar-refractivity contribution is -0.184. The minimum absolute atomic E-state index is 0.0730. The molecule has 3 aliphatic carbocycles. The normalized spacial score (nSPS) is 44.4. The van der Waals surface area contributed by atoms with Gasteiger partial charge in [-0.25, -0.2) is 0 Å². The second kappa shape index (κ2) is 7.38. The molecule has 2 bridgehead atoms. The van der Waals surface area contributed by atoms with Crippen molar-refractivity contribution in [2.75, 3.05) is 0 Å². The third kappa shape index (κ3) is 2.75. The average Bonchev–Trinajstić information content (AvgIpc) is 3.31. The summed E-state index contributed by atoms with van der Waals surface area (Å²) >= 11 is 0. The Kier molecular flexibility index (Phi) is 4.73. The van der Waals surface area contributed by atoms with Crippen molar-refractivity contribution in [3.63, 3.8) is 0 Å². The molecule has 194 valence electrons. The van der Waals surface area contributed by atoms with Crippen LogP contribution in [0.2, 0.25) is 0 Å². The molecule has 8 unspecified atom stereocenters. The van der Waals surface area contributed by atoms with Gasteiger partial charge in [0.1, 0.15) is 6.10 Å². The highest BCUT2D eigenvalue weighted by Crippen LogP contribution is 2.69. The number of ketones is 1. The zero-order chi connectivity index (χ0) is 26.0. The molecule has 6 heteroatoms. The molecule has 6 nitrogen and oxygen atoms in total. The molecule has 2 aromatic rings. The molecule has 3 fully saturated rings. The van der Waals surface area contributed by atoms with Crippen LogP contribution < -0.4 is 0 Å². The lowest BCUT2D eigenvalue weighted by Gasteiger charge is -2.56. The fourth-order valence-corrected chi connectivity index (χ4v) is 8.73. The SMILES string of the molecule is CC(C)C1CC23CCC4(O2)C(=CCC2(C)C4CC(=O)C2(O)c2ccc4ccncc4c2)C=C3C(O)C1O. The molecule has 5 aliphatic rings. The Bertz CT molecular complexity index is 1400. The number of rotatable bonds is 2. The van der Waals surface area contributed by atoms with Gasteiger partial charge in [0.2, 0.25) is 0 Å². The number of fused-ring (bicyclic) bond motifs is 2. The van der Waals surface area contributed by atoms with Crippen LogP contribution in [-0.4, -0.2) is 49.5 Å². The number of allylic oxidation sites excluding steroid dienone is 1. The van der Waals surface area contributed by atoms with Gasteiger partial charge in [-0.3, -0.25) is 9.78 Å². The number of aliphatic hydroxyl groups excluding tert-OH is 2. The number of aliphatic hydroxyl groups is 3. The summed E-state index contributed by atoms with van der Waals surface area (Å²) < 4.78 is 7.13. The highest BCUT2D eigenvalue weighted by Gasteiger charge is 2.73. The molecular formula is C31H35NO5. The first kappa shape index (κ1) is 23.7. The summed E-state index contributed by atoms with van der Waals surface area (Å²) in [6, 6.07) is 7.67. The van der Waals surface area contributed by atoms with Crippen LogP contribution >= 0.6 is 0 Å². The van der Waals surface area contributed by atoms with Gasteiger partial charge in [-0.1, -0.05) is 45.1 Å². The molecule has 1 aromatic carbocycles. The van der Waals surface area contributed by atoms with Gasteiger partial charge in [-0.15, -0.1) is 0 Å². The largest absolute Gasteiger partial charge is 0.390 e. The molecule has 2 aliphatic heterocycles. The average molecular weight is 502 g/mol. The zero-order valence-electron chi connectivity index (χ0n) is 21.6. The van der Waals surface area contributed by atoms with Crippen molar-refractivity contribution in [1.82, 2.24) is 4.98 Å². The van der Waals surface area contributed by atoms with E-state index in [-0.39, 0.29) is 30.0 Å². The van der Waals surface area contributed by atoms with Crippen LogP contribution in [0.4, 0.5) is 0 Å². The van der Waals surface area contributed by atoms with Crippen molar-refractivity contribution < 1.29 is 24.9 Å². The van der Waals surface area contributed by atoms with Crippen LogP contribution in [0.3, 0.4) is 0 Å². The van der Waals surface area contributed by atoms with E-state index < -0.39 is 34.4 Å². The molecule has 3 heterocycles. The van der Waals surface area contributed by atoms with Crippen LogP contribution in [0.5, 0.6) is 0 Å². The molecular weight excluding hydrogens is 466 g/mol. The van der Waals surface area contributed by atoms with Gasteiger partial charge >= 0.3 is 0 Å². The summed E-state index contributed by atoms with van der Waals surface area (Å²) in [5.41, 5.74) is -1.31. The quantitative estimate of drug-likeness (QED) is 0.576. The maximum atomic E-state index is 13.8. The highest BCUT2D eigenvalue weighted by atomic mass is 16.5. The van der Waals surface area contributed by atoms with E-state index in [4.69, 9.17) is 4.74 Å². The Morgan fingerprint density at radius 3 is 2.73 bits per heavy atom. The summed E-state index contributed by atoms with van der Waals surface area (Å²) in [6.45, 7) is 6.21. The van der Waals surface area contributed by atoms with Gasteiger partial charge in [-0.2, -0.15) is 0 Å². The van der Waals surface area contributed by atoms with Crippen molar-refractivity contribution in [2.45, 2.75) is 81.9 Å². The number of Topliss-reactive ketones (excluding diaryl/α,β-unsaturated/α-hetero) is 1. The van der Waals surface area contributed by atoms with E-state index in [2.05, 4.69) is 31.0 Å². The Balaban J connectivity index is 1.35. The van der Waals surface area contributed by atoms with Gasteiger partial charge in [-0.05, 0) is 71.7 Å². The molecule has 1 aromatic heterocycles. The highest BCUT2D eigenvalue weighted by molar-refractivity contribution is 5.94. The molecule has 3 N–H and O–H groups in total. The van der Waals surface area contributed by atoms with Crippen molar-refractivity contribution >= 4 is 16.6 Å². The van der Waals surface area contributed by atoms with Crippen molar-refractivity contribution in [1.29, 1.82) is 0 Å². The molecule has 2 spiro atoms. The monoisotopic (exact) mass is 501 g/mol. The van der Waals surface area contributed by atoms with E-state index in [1.807, 2.05) is 31.2 Å². The van der Waals surface area contributed by atoms with Crippen LogP contribution in [0, 0.1) is 23.2 Å². The minimum Gasteiger partial charge on any atom is -0.390 e. The Hall–Kier alpha value is -2.38. The summed E-state index contributed by atoms with van der Waals surface area (Å²) in [5.74, 6) is -0.225. The Morgan fingerprint density at radius 2 is 1.95 bits per heavy atom. The first-order valence-electron chi connectivity index (χ1n) is 13.6. The van der Waals surface area contributed by atoms with E-state index in [1.54, 1.807) is 12.4 Å². The number of carbonyl (C=O) groups is 1. The number of ether oxygens (including phenoxy) is 1. The third-order valence-corrected chi connectivity index (χ3v) is 10.9. The maximum absolute atomic E-state index is 13.8. The maximum Gasteiger partial charge on any atom is 0.169 e. The van der Waals surface area contributed by atoms with Crippen LogP contribution in [-0.2, 0) is 15.1 Å². The standard InChI is InChI=1S/C31H35NO5/c1-17(2)22-15-29-9-10-30(37-29)20(13-23(29)27(35)26(22)34)6-8-28(3)24(30)14-25(33)31(28,36)21-5-4-18-7-11-32-16-19(18)12-21/h4-7,11-13,16-17,22,24,26-27,34-36H,8-10,14-15H2,1-3H3. The number of benzene rings is 1. The first-order valence-corrected chi connectivity index (χ1v) is 13.6. The van der Waals surface area contributed by atoms with Gasteiger partial charge < -0.3 is 20.1 Å². The Labute approximate surface area is 217 Å². The molecule has 37 heavy (non-hydrogen) atoms. The molecule has 7 rings (SSSR count). The number of hydrogen-bond acceptors (Lipinski definition) is 6. The van der Waals surface area contributed by atoms with Crippen molar-refractivity contribution in [3.05, 3.63) is 65.5 Å². The Morgan fingerprint density at radius 1 is 1.14 bits per heavy atom. The molecule has 1 saturated heterocycles. The smallest absolute Gasteiger partial charge is 0.169 e. The molecule has 0 radical (unpaired) electrons. The van der Waals surface area contributed by atoms with E-state index in [0.717, 1.165) is 34.8 Å². The zero-order valence-corrected chi connectivity index (χ0v) is 21.6. The number of hydrogen-bond donors (Lipinski definition) is 3. The van der Waals surface area contributed by atoms with Crippen LogP contribution in [0.15, 0.2) is 60.0 Å². The summed E-state index contributed by atoms with van der Waals surface area (Å²) in [4.78, 5) is 18.1. The van der Waals surface area contributed by atoms with Gasteiger partial charge in [0.15, 0.2) is 11.4 Å². The van der Waals surface area contributed by atoms with E-state index >= 15 is 0 Å². The van der Waals surface area contributed by atoms with E-state index in [0.29, 0.717) is 18.4 Å². The lowest BCUT2D eigenvalue weighted by atomic mass is 9.56. The molecule has 2 saturated carbocycles. The van der Waals surface area contributed by atoms with Crippen molar-refractivity contribution in [2.24, 2.45) is 23.2 Å².